The van der Waals surface area contributed by atoms with Gasteiger partial charge < -0.3 is 5.73 Å². The maximum Gasteiger partial charge on any atom is 0.0592 e. The number of thiophene rings is 1. The molecule has 2 rings (SSSR count). The van der Waals surface area contributed by atoms with Crippen LogP contribution in [-0.2, 0) is 0 Å². The van der Waals surface area contributed by atoms with Crippen molar-refractivity contribution in [3.8, 4) is 0 Å². The normalized spacial score (nSPS) is 10.6. The van der Waals surface area contributed by atoms with Crippen LogP contribution in [0.3, 0.4) is 0 Å². The van der Waals surface area contributed by atoms with E-state index >= 15 is 0 Å². The SMILES string of the molecule is Nc1ccc2scc(Cl)c2c1. The lowest BCUT2D eigenvalue weighted by atomic mass is 10.2. The summed E-state index contributed by atoms with van der Waals surface area (Å²) in [4.78, 5) is 0. The van der Waals surface area contributed by atoms with Crippen molar-refractivity contribution >= 4 is 38.7 Å². The van der Waals surface area contributed by atoms with E-state index in [1.807, 2.05) is 23.6 Å². The van der Waals surface area contributed by atoms with Crippen molar-refractivity contribution < 1.29 is 0 Å². The van der Waals surface area contributed by atoms with Crippen molar-refractivity contribution in [1.82, 2.24) is 0 Å². The van der Waals surface area contributed by atoms with Gasteiger partial charge in [0, 0.05) is 21.2 Å². The molecule has 0 amide bonds. The Kier molecular flexibility index (Phi) is 1.51. The summed E-state index contributed by atoms with van der Waals surface area (Å²) in [7, 11) is 0. The lowest BCUT2D eigenvalue weighted by Crippen LogP contribution is -1.81. The fourth-order valence-corrected chi connectivity index (χ4v) is 2.16. The number of hydrogen-bond donors (Lipinski definition) is 1. The molecule has 2 N–H and O–H groups in total. The molecule has 0 saturated carbocycles. The standard InChI is InChI=1S/C8H6ClNS/c9-7-4-11-8-2-1-5(10)3-6(7)8/h1-4H,10H2. The van der Waals surface area contributed by atoms with Crippen LogP contribution in [0.15, 0.2) is 23.6 Å². The minimum atomic E-state index is 0.762. The van der Waals surface area contributed by atoms with Gasteiger partial charge in [0.2, 0.25) is 0 Å². The van der Waals surface area contributed by atoms with Crippen LogP contribution in [0.4, 0.5) is 5.69 Å². The highest BCUT2D eigenvalue weighted by Gasteiger charge is 2.00. The number of hydrogen-bond acceptors (Lipinski definition) is 2. The third kappa shape index (κ3) is 1.08. The Morgan fingerprint density at radius 3 is 3.00 bits per heavy atom. The molecule has 1 aromatic carbocycles. The van der Waals surface area contributed by atoms with Crippen LogP contribution in [0.25, 0.3) is 10.1 Å². The van der Waals surface area contributed by atoms with Gasteiger partial charge in [-0.2, -0.15) is 0 Å². The number of halogens is 1. The van der Waals surface area contributed by atoms with Crippen molar-refractivity contribution in [2.75, 3.05) is 5.73 Å². The van der Waals surface area contributed by atoms with Crippen LogP contribution < -0.4 is 5.73 Å². The van der Waals surface area contributed by atoms with Gasteiger partial charge in [0.15, 0.2) is 0 Å². The highest BCUT2D eigenvalue weighted by atomic mass is 35.5. The highest BCUT2D eigenvalue weighted by molar-refractivity contribution is 7.17. The van der Waals surface area contributed by atoms with Crippen LogP contribution in [0, 0.1) is 0 Å². The highest BCUT2D eigenvalue weighted by Crippen LogP contribution is 2.30. The summed E-state index contributed by atoms with van der Waals surface area (Å²) in [6, 6.07) is 5.77. The van der Waals surface area contributed by atoms with Gasteiger partial charge in [-0.05, 0) is 18.2 Å². The van der Waals surface area contributed by atoms with E-state index in [9.17, 15) is 0 Å². The molecule has 0 aliphatic carbocycles. The predicted octanol–water partition coefficient (Wildman–Crippen LogP) is 3.14. The Bertz CT molecular complexity index is 394. The molecule has 0 saturated heterocycles. The first kappa shape index (κ1) is 6.95. The molecule has 2 aromatic rings. The summed E-state index contributed by atoms with van der Waals surface area (Å²) in [5.74, 6) is 0. The minimum absolute atomic E-state index is 0.762. The summed E-state index contributed by atoms with van der Waals surface area (Å²) in [6.45, 7) is 0. The van der Waals surface area contributed by atoms with Gasteiger partial charge >= 0.3 is 0 Å². The van der Waals surface area contributed by atoms with Gasteiger partial charge in [0.05, 0.1) is 5.02 Å². The summed E-state index contributed by atoms with van der Waals surface area (Å²) in [5, 5.41) is 3.76. The Morgan fingerprint density at radius 2 is 2.18 bits per heavy atom. The predicted molar refractivity (Wildman–Crippen MR) is 51.2 cm³/mol. The summed E-state index contributed by atoms with van der Waals surface area (Å²) in [5.41, 5.74) is 6.36. The molecule has 3 heteroatoms. The molecule has 0 fully saturated rings. The first-order chi connectivity index (χ1) is 5.27. The largest absolute Gasteiger partial charge is 0.399 e. The monoisotopic (exact) mass is 183 g/mol. The molecule has 0 radical (unpaired) electrons. The molecule has 0 aliphatic heterocycles. The van der Waals surface area contributed by atoms with Gasteiger partial charge in [0.25, 0.3) is 0 Å². The second-order valence-corrected chi connectivity index (χ2v) is 3.66. The molecule has 0 unspecified atom stereocenters. The molecular weight excluding hydrogens is 178 g/mol. The van der Waals surface area contributed by atoms with Crippen molar-refractivity contribution in [3.05, 3.63) is 28.6 Å². The molecule has 1 nitrogen and oxygen atoms in total. The fraction of sp³-hybridized carbons (Fsp3) is 0. The number of rotatable bonds is 0. The number of fused-ring (bicyclic) bond motifs is 1. The van der Waals surface area contributed by atoms with Gasteiger partial charge in [-0.15, -0.1) is 11.3 Å². The Hall–Kier alpha value is -0.730. The van der Waals surface area contributed by atoms with Gasteiger partial charge in [0.1, 0.15) is 0 Å². The molecule has 0 spiro atoms. The topological polar surface area (TPSA) is 26.0 Å². The lowest BCUT2D eigenvalue weighted by molar-refractivity contribution is 1.79. The fourth-order valence-electron chi connectivity index (χ4n) is 1.02. The summed E-state index contributed by atoms with van der Waals surface area (Å²) < 4.78 is 1.18. The average Bonchev–Trinajstić information content (AvgIpc) is 2.33. The molecule has 0 atom stereocenters. The van der Waals surface area contributed by atoms with Crippen molar-refractivity contribution in [2.24, 2.45) is 0 Å². The Labute approximate surface area is 73.4 Å². The Morgan fingerprint density at radius 1 is 1.36 bits per heavy atom. The first-order valence-electron chi connectivity index (χ1n) is 3.19. The van der Waals surface area contributed by atoms with Crippen molar-refractivity contribution in [3.63, 3.8) is 0 Å². The molecule has 56 valence electrons. The van der Waals surface area contributed by atoms with E-state index in [2.05, 4.69) is 0 Å². The van der Waals surface area contributed by atoms with E-state index in [1.165, 1.54) is 4.70 Å². The van der Waals surface area contributed by atoms with Gasteiger partial charge in [-0.1, -0.05) is 11.6 Å². The zero-order valence-electron chi connectivity index (χ0n) is 5.67. The number of nitrogen functional groups attached to an aromatic ring is 1. The molecule has 1 heterocycles. The number of nitrogens with two attached hydrogens (primary N) is 1. The van der Waals surface area contributed by atoms with E-state index in [4.69, 9.17) is 17.3 Å². The maximum atomic E-state index is 5.90. The second-order valence-electron chi connectivity index (χ2n) is 2.34. The minimum Gasteiger partial charge on any atom is -0.399 e. The third-order valence-electron chi connectivity index (χ3n) is 1.55. The van der Waals surface area contributed by atoms with Gasteiger partial charge in [-0.3, -0.25) is 0 Å². The third-order valence-corrected chi connectivity index (χ3v) is 2.96. The molecule has 11 heavy (non-hydrogen) atoms. The quantitative estimate of drug-likeness (QED) is 0.624. The summed E-state index contributed by atoms with van der Waals surface area (Å²) in [6.07, 6.45) is 0. The maximum absolute atomic E-state index is 5.90. The van der Waals surface area contributed by atoms with E-state index in [-0.39, 0.29) is 0 Å². The Balaban J connectivity index is 2.87. The van der Waals surface area contributed by atoms with Gasteiger partial charge in [-0.25, -0.2) is 0 Å². The van der Waals surface area contributed by atoms with Crippen LogP contribution in [0.1, 0.15) is 0 Å². The van der Waals surface area contributed by atoms with Crippen molar-refractivity contribution in [1.29, 1.82) is 0 Å². The molecular formula is C8H6ClNS. The smallest absolute Gasteiger partial charge is 0.0592 e. The number of benzene rings is 1. The van der Waals surface area contributed by atoms with Crippen LogP contribution in [0.5, 0.6) is 0 Å². The molecule has 1 aromatic heterocycles. The molecule has 0 bridgehead atoms. The van der Waals surface area contributed by atoms with Crippen LogP contribution in [0.2, 0.25) is 5.02 Å². The van der Waals surface area contributed by atoms with E-state index < -0.39 is 0 Å². The van der Waals surface area contributed by atoms with E-state index in [0.29, 0.717) is 0 Å². The zero-order valence-corrected chi connectivity index (χ0v) is 7.25. The van der Waals surface area contributed by atoms with E-state index in [0.717, 1.165) is 16.1 Å². The second kappa shape index (κ2) is 2.40. The average molecular weight is 184 g/mol. The van der Waals surface area contributed by atoms with Crippen molar-refractivity contribution in [2.45, 2.75) is 0 Å². The lowest BCUT2D eigenvalue weighted by Gasteiger charge is -1.92. The summed E-state index contributed by atoms with van der Waals surface area (Å²) >= 11 is 7.53. The van der Waals surface area contributed by atoms with Crippen LogP contribution in [-0.4, -0.2) is 0 Å². The van der Waals surface area contributed by atoms with E-state index in [1.54, 1.807) is 11.3 Å². The molecule has 0 aliphatic rings. The first-order valence-corrected chi connectivity index (χ1v) is 4.45. The van der Waals surface area contributed by atoms with Crippen LogP contribution >= 0.6 is 22.9 Å². The zero-order chi connectivity index (χ0) is 7.84. The number of anilines is 1.